The molecule has 0 saturated heterocycles. The highest BCUT2D eigenvalue weighted by atomic mass is 16.5. The molecule has 0 atom stereocenters. The molecule has 156 valence electrons. The second-order valence-corrected chi connectivity index (χ2v) is 6.86. The monoisotopic (exact) mass is 383 g/mol. The van der Waals surface area contributed by atoms with Crippen LogP contribution in [0.1, 0.15) is 90.9 Å². The molecule has 0 aliphatic heterocycles. The molecule has 0 amide bonds. The first-order valence-electron chi connectivity index (χ1n) is 10.5. The van der Waals surface area contributed by atoms with Crippen molar-refractivity contribution in [1.29, 1.82) is 0 Å². The molecule has 0 fully saturated rings. The number of rotatable bonds is 17. The smallest absolute Gasteiger partial charge is 0.323 e. The standard InChI is InChI=1S/C19H37N5O3/c1-3-5-7-9-11-13-15-24(26)18-20-17(23-25)21-19(22-18)27-16-14-12-10-8-6-4-2/h25-26H,3-16H2,1-2H3,(H,20,21,22,23). The normalized spacial score (nSPS) is 10.8. The predicted octanol–water partition coefficient (Wildman–Crippen LogP) is 4.97. The zero-order chi connectivity index (χ0) is 19.7. The molecule has 0 radical (unpaired) electrons. The molecule has 1 rings (SSSR count). The van der Waals surface area contributed by atoms with Gasteiger partial charge in [-0.3, -0.25) is 10.4 Å². The molecule has 3 N–H and O–H groups in total. The number of ether oxygens (including phenoxy) is 1. The molecule has 27 heavy (non-hydrogen) atoms. The summed E-state index contributed by atoms with van der Waals surface area (Å²) >= 11 is 0. The van der Waals surface area contributed by atoms with Crippen LogP contribution in [0.25, 0.3) is 0 Å². The lowest BCUT2D eigenvalue weighted by Gasteiger charge is -2.16. The molecule has 1 heterocycles. The molecule has 0 aliphatic rings. The first-order chi connectivity index (χ1) is 13.2. The fraction of sp³-hybridized carbons (Fsp3) is 0.842. The number of hydrogen-bond donors (Lipinski definition) is 3. The molecule has 0 aromatic carbocycles. The van der Waals surface area contributed by atoms with Crippen LogP contribution in [0.3, 0.4) is 0 Å². The molecule has 0 bridgehead atoms. The summed E-state index contributed by atoms with van der Waals surface area (Å²) in [7, 11) is 0. The summed E-state index contributed by atoms with van der Waals surface area (Å²) in [5.74, 6) is 0.0352. The third kappa shape index (κ3) is 10.9. The minimum absolute atomic E-state index is 0.0417. The average molecular weight is 384 g/mol. The van der Waals surface area contributed by atoms with Crippen LogP contribution >= 0.6 is 0 Å². The minimum Gasteiger partial charge on any atom is -0.463 e. The van der Waals surface area contributed by atoms with Crippen LogP contribution in [0.5, 0.6) is 6.01 Å². The number of aromatic nitrogens is 3. The fourth-order valence-corrected chi connectivity index (χ4v) is 2.76. The summed E-state index contributed by atoms with van der Waals surface area (Å²) < 4.78 is 5.56. The highest BCUT2D eigenvalue weighted by Gasteiger charge is 2.12. The Morgan fingerprint density at radius 1 is 0.815 bits per heavy atom. The maximum atomic E-state index is 10.2. The zero-order valence-electron chi connectivity index (χ0n) is 17.0. The van der Waals surface area contributed by atoms with E-state index in [1.54, 1.807) is 0 Å². The van der Waals surface area contributed by atoms with Crippen LogP contribution in [0.15, 0.2) is 0 Å². The third-order valence-electron chi connectivity index (χ3n) is 4.39. The molecular formula is C19H37N5O3. The Kier molecular flexibility index (Phi) is 13.3. The van der Waals surface area contributed by atoms with Crippen molar-refractivity contribution in [2.45, 2.75) is 90.9 Å². The Hall–Kier alpha value is -1.67. The Labute approximate surface area is 163 Å². The third-order valence-corrected chi connectivity index (χ3v) is 4.39. The van der Waals surface area contributed by atoms with E-state index >= 15 is 0 Å². The summed E-state index contributed by atoms with van der Waals surface area (Å²) in [5.41, 5.74) is 1.90. The maximum Gasteiger partial charge on any atom is 0.323 e. The van der Waals surface area contributed by atoms with Gasteiger partial charge in [0.05, 0.1) is 6.61 Å². The highest BCUT2D eigenvalue weighted by Crippen LogP contribution is 2.15. The lowest BCUT2D eigenvalue weighted by atomic mass is 10.1. The Balaban J connectivity index is 2.39. The molecule has 0 saturated carbocycles. The van der Waals surface area contributed by atoms with Gasteiger partial charge in [-0.05, 0) is 12.8 Å². The molecule has 0 aliphatic carbocycles. The Bertz CT molecular complexity index is 490. The SMILES string of the molecule is CCCCCCCCOc1nc(NO)nc(N(O)CCCCCCCC)n1. The largest absolute Gasteiger partial charge is 0.463 e. The van der Waals surface area contributed by atoms with Crippen molar-refractivity contribution in [2.24, 2.45) is 0 Å². The van der Waals surface area contributed by atoms with E-state index in [2.05, 4.69) is 28.8 Å². The van der Waals surface area contributed by atoms with E-state index in [-0.39, 0.29) is 17.9 Å². The topological polar surface area (TPSA) is 104 Å². The molecule has 8 nitrogen and oxygen atoms in total. The van der Waals surface area contributed by atoms with E-state index in [0.29, 0.717) is 13.2 Å². The molecule has 1 aromatic rings. The van der Waals surface area contributed by atoms with Gasteiger partial charge in [-0.15, -0.1) is 0 Å². The van der Waals surface area contributed by atoms with Crippen LogP contribution in [0.2, 0.25) is 0 Å². The van der Waals surface area contributed by atoms with Gasteiger partial charge in [0.15, 0.2) is 0 Å². The van der Waals surface area contributed by atoms with E-state index in [0.717, 1.165) is 37.2 Å². The van der Waals surface area contributed by atoms with Gasteiger partial charge in [-0.1, -0.05) is 78.1 Å². The van der Waals surface area contributed by atoms with Gasteiger partial charge in [-0.25, -0.2) is 10.5 Å². The van der Waals surface area contributed by atoms with Crippen molar-refractivity contribution < 1.29 is 15.2 Å². The fourth-order valence-electron chi connectivity index (χ4n) is 2.76. The molecule has 8 heteroatoms. The van der Waals surface area contributed by atoms with Gasteiger partial charge in [0, 0.05) is 6.54 Å². The van der Waals surface area contributed by atoms with E-state index in [1.165, 1.54) is 44.9 Å². The van der Waals surface area contributed by atoms with Crippen molar-refractivity contribution in [3.63, 3.8) is 0 Å². The van der Waals surface area contributed by atoms with E-state index in [1.807, 2.05) is 5.48 Å². The summed E-state index contributed by atoms with van der Waals surface area (Å²) in [6.07, 6.45) is 13.7. The number of hydroxylamine groups is 1. The van der Waals surface area contributed by atoms with Crippen molar-refractivity contribution >= 4 is 11.9 Å². The van der Waals surface area contributed by atoms with E-state index < -0.39 is 0 Å². The second-order valence-electron chi connectivity index (χ2n) is 6.86. The van der Waals surface area contributed by atoms with Crippen molar-refractivity contribution in [3.05, 3.63) is 0 Å². The quantitative estimate of drug-likeness (QED) is 0.256. The highest BCUT2D eigenvalue weighted by molar-refractivity contribution is 5.34. The van der Waals surface area contributed by atoms with Crippen LogP contribution in [0, 0.1) is 0 Å². The second kappa shape index (κ2) is 15.4. The van der Waals surface area contributed by atoms with Crippen molar-refractivity contribution in [1.82, 2.24) is 15.0 Å². The number of nitrogens with one attached hydrogen (secondary N) is 1. The van der Waals surface area contributed by atoms with Gasteiger partial charge < -0.3 is 4.74 Å². The number of nitrogens with zero attached hydrogens (tertiary/aromatic N) is 4. The van der Waals surface area contributed by atoms with Crippen LogP contribution in [-0.4, -0.2) is 38.5 Å². The predicted molar refractivity (Wildman–Crippen MR) is 107 cm³/mol. The van der Waals surface area contributed by atoms with Crippen molar-refractivity contribution in [3.8, 4) is 6.01 Å². The van der Waals surface area contributed by atoms with E-state index in [4.69, 9.17) is 9.94 Å². The molecule has 1 aromatic heterocycles. The van der Waals surface area contributed by atoms with Crippen molar-refractivity contribution in [2.75, 3.05) is 23.7 Å². The average Bonchev–Trinajstić information content (AvgIpc) is 2.69. The first-order valence-corrected chi connectivity index (χ1v) is 10.5. The van der Waals surface area contributed by atoms with E-state index in [9.17, 15) is 5.21 Å². The molecular weight excluding hydrogens is 346 g/mol. The summed E-state index contributed by atoms with van der Waals surface area (Å²) in [5, 5.41) is 20.3. The number of anilines is 2. The van der Waals surface area contributed by atoms with Gasteiger partial charge in [0.25, 0.3) is 11.9 Å². The first kappa shape index (κ1) is 23.4. The van der Waals surface area contributed by atoms with Gasteiger partial charge in [0.2, 0.25) is 0 Å². The Morgan fingerprint density at radius 3 is 2.04 bits per heavy atom. The number of hydrogen-bond acceptors (Lipinski definition) is 8. The van der Waals surface area contributed by atoms with Gasteiger partial charge >= 0.3 is 6.01 Å². The summed E-state index contributed by atoms with van der Waals surface area (Å²) in [6.45, 7) is 5.32. The lowest BCUT2D eigenvalue weighted by molar-refractivity contribution is 0.237. The molecule has 0 spiro atoms. The molecule has 0 unspecified atom stereocenters. The van der Waals surface area contributed by atoms with Gasteiger partial charge in [-0.2, -0.15) is 15.0 Å². The maximum absolute atomic E-state index is 10.2. The zero-order valence-corrected chi connectivity index (χ0v) is 17.0. The van der Waals surface area contributed by atoms with Crippen LogP contribution in [-0.2, 0) is 0 Å². The number of unbranched alkanes of at least 4 members (excludes halogenated alkanes) is 10. The Morgan fingerprint density at radius 2 is 1.41 bits per heavy atom. The lowest BCUT2D eigenvalue weighted by Crippen LogP contribution is -2.23. The summed E-state index contributed by atoms with van der Waals surface area (Å²) in [4.78, 5) is 12.1. The van der Waals surface area contributed by atoms with Crippen LogP contribution < -0.4 is 15.3 Å². The minimum atomic E-state index is -0.0417. The summed E-state index contributed by atoms with van der Waals surface area (Å²) in [6, 6.07) is 0.104. The van der Waals surface area contributed by atoms with Gasteiger partial charge in [0.1, 0.15) is 0 Å². The van der Waals surface area contributed by atoms with Crippen LogP contribution in [0.4, 0.5) is 11.9 Å².